The van der Waals surface area contributed by atoms with Gasteiger partial charge in [-0.2, -0.15) is 5.10 Å². The summed E-state index contributed by atoms with van der Waals surface area (Å²) in [4.78, 5) is 24.6. The molecule has 4 rings (SSSR count). The third-order valence-electron chi connectivity index (χ3n) is 4.64. The van der Waals surface area contributed by atoms with Crippen molar-refractivity contribution in [1.82, 2.24) is 9.78 Å². The number of nitrogens with one attached hydrogen (secondary N) is 1. The Morgan fingerprint density at radius 3 is 2.57 bits per heavy atom. The summed E-state index contributed by atoms with van der Waals surface area (Å²) in [6, 6.07) is 12.1. The van der Waals surface area contributed by atoms with Crippen molar-refractivity contribution in [2.75, 3.05) is 11.1 Å². The van der Waals surface area contributed by atoms with E-state index in [1.54, 1.807) is 41.1 Å². The van der Waals surface area contributed by atoms with Gasteiger partial charge < -0.3 is 11.1 Å². The highest BCUT2D eigenvalue weighted by Crippen LogP contribution is 2.39. The number of rotatable bonds is 3. The molecular weight excluding hydrogens is 399 g/mol. The number of hydrogen-bond acceptors (Lipinski definition) is 4. The molecule has 0 bridgehead atoms. The summed E-state index contributed by atoms with van der Waals surface area (Å²) < 4.78 is 1.57. The first kappa shape index (κ1) is 18.5. The minimum absolute atomic E-state index is 0.00543. The Morgan fingerprint density at radius 2 is 1.82 bits per heavy atom. The highest BCUT2D eigenvalue weighted by molar-refractivity contribution is 6.39. The predicted molar refractivity (Wildman–Crippen MR) is 110 cm³/mol. The number of nitrogens with two attached hydrogens (primary N) is 1. The van der Waals surface area contributed by atoms with Crippen molar-refractivity contribution >= 4 is 46.3 Å². The van der Waals surface area contributed by atoms with Crippen LogP contribution in [-0.4, -0.2) is 21.5 Å². The van der Waals surface area contributed by atoms with Crippen LogP contribution in [0.3, 0.4) is 0 Å². The van der Waals surface area contributed by atoms with E-state index in [0.29, 0.717) is 51.2 Å². The van der Waals surface area contributed by atoms with Crippen LogP contribution in [-0.2, 0) is 6.54 Å². The van der Waals surface area contributed by atoms with Crippen LogP contribution in [0, 0.1) is 0 Å². The van der Waals surface area contributed by atoms with Crippen LogP contribution in [0.2, 0.25) is 10.0 Å². The molecule has 0 spiro atoms. The van der Waals surface area contributed by atoms with Crippen molar-refractivity contribution in [3.63, 3.8) is 0 Å². The quantitative estimate of drug-likeness (QED) is 0.609. The second-order valence-corrected chi connectivity index (χ2v) is 7.25. The second-order valence-electron chi connectivity index (χ2n) is 6.49. The highest BCUT2D eigenvalue weighted by Gasteiger charge is 2.23. The fraction of sp³-hybridized carbons (Fsp3) is 0.150. The Labute approximate surface area is 171 Å². The molecule has 0 atom stereocenters. The summed E-state index contributed by atoms with van der Waals surface area (Å²) in [5.74, 6) is -0.443. The van der Waals surface area contributed by atoms with Gasteiger partial charge in [-0.05, 0) is 18.6 Å². The molecule has 2 heterocycles. The molecule has 2 aromatic carbocycles. The summed E-state index contributed by atoms with van der Waals surface area (Å²) in [5.41, 5.74) is 8.70. The molecule has 0 unspecified atom stereocenters. The van der Waals surface area contributed by atoms with Crippen molar-refractivity contribution < 1.29 is 9.59 Å². The number of aryl methyl sites for hydroxylation is 1. The first-order valence-electron chi connectivity index (χ1n) is 8.71. The van der Waals surface area contributed by atoms with Gasteiger partial charge in [-0.15, -0.1) is 0 Å². The molecule has 1 aromatic heterocycles. The number of nitrogens with zero attached hydrogens (tertiary/aromatic N) is 2. The zero-order valence-corrected chi connectivity index (χ0v) is 16.2. The zero-order chi connectivity index (χ0) is 19.8. The first-order valence-corrected chi connectivity index (χ1v) is 9.46. The van der Waals surface area contributed by atoms with E-state index in [4.69, 9.17) is 28.9 Å². The predicted octanol–water partition coefficient (Wildman–Crippen LogP) is 4.67. The minimum atomic E-state index is -0.438. The normalized spacial score (nSPS) is 13.3. The van der Waals surface area contributed by atoms with E-state index in [0.717, 1.165) is 6.42 Å². The standard InChI is InChI=1S/C20H16Cl2N4O2/c21-18-11(4-1-6-13(18)23)12-5-2-7-14(19(12)22)24-20(28)15-10-16-17(27)8-3-9-26(16)25-15/h1-2,4-7,10H,3,8-9,23H2,(H,24,28). The number of Topliss-reactive ketones (excluding diaryl/α,β-unsaturated/α-hetero) is 1. The van der Waals surface area contributed by atoms with Crippen LogP contribution in [0.4, 0.5) is 11.4 Å². The molecule has 3 aromatic rings. The molecule has 0 saturated carbocycles. The van der Waals surface area contributed by atoms with E-state index >= 15 is 0 Å². The summed E-state index contributed by atoms with van der Waals surface area (Å²) in [5, 5.41) is 7.73. The van der Waals surface area contributed by atoms with Gasteiger partial charge in [0.15, 0.2) is 11.5 Å². The average Bonchev–Trinajstić information content (AvgIpc) is 3.12. The molecule has 1 aliphatic rings. The van der Waals surface area contributed by atoms with Crippen LogP contribution in [0.25, 0.3) is 11.1 Å². The number of halogens is 2. The van der Waals surface area contributed by atoms with E-state index in [-0.39, 0.29) is 11.5 Å². The topological polar surface area (TPSA) is 90.0 Å². The maximum atomic E-state index is 12.7. The lowest BCUT2D eigenvalue weighted by Gasteiger charge is -2.12. The molecule has 1 aliphatic heterocycles. The van der Waals surface area contributed by atoms with Crippen LogP contribution in [0.1, 0.15) is 33.8 Å². The van der Waals surface area contributed by atoms with E-state index in [1.807, 2.05) is 0 Å². The van der Waals surface area contributed by atoms with Gasteiger partial charge in [0, 0.05) is 30.2 Å². The highest BCUT2D eigenvalue weighted by atomic mass is 35.5. The van der Waals surface area contributed by atoms with Gasteiger partial charge in [0.1, 0.15) is 5.69 Å². The molecule has 0 aliphatic carbocycles. The number of amides is 1. The molecular formula is C20H16Cl2N4O2. The average molecular weight is 415 g/mol. The molecule has 142 valence electrons. The largest absolute Gasteiger partial charge is 0.398 e. The van der Waals surface area contributed by atoms with Crippen LogP contribution in [0.15, 0.2) is 42.5 Å². The van der Waals surface area contributed by atoms with Crippen LogP contribution < -0.4 is 11.1 Å². The Balaban J connectivity index is 1.65. The zero-order valence-electron chi connectivity index (χ0n) is 14.7. The van der Waals surface area contributed by atoms with Crippen LogP contribution in [0.5, 0.6) is 0 Å². The number of fused-ring (bicyclic) bond motifs is 1. The molecule has 6 nitrogen and oxygen atoms in total. The summed E-state index contributed by atoms with van der Waals surface area (Å²) in [7, 11) is 0. The van der Waals surface area contributed by atoms with Gasteiger partial charge in [-0.3, -0.25) is 14.3 Å². The van der Waals surface area contributed by atoms with Gasteiger partial charge in [0.25, 0.3) is 5.91 Å². The third-order valence-corrected chi connectivity index (χ3v) is 5.47. The molecule has 0 radical (unpaired) electrons. The van der Waals surface area contributed by atoms with Gasteiger partial charge in [-0.25, -0.2) is 0 Å². The smallest absolute Gasteiger partial charge is 0.276 e. The Bertz CT molecular complexity index is 1110. The van der Waals surface area contributed by atoms with Crippen molar-refractivity contribution in [1.29, 1.82) is 0 Å². The lowest BCUT2D eigenvalue weighted by atomic mass is 10.0. The van der Waals surface area contributed by atoms with Crippen LogP contribution >= 0.6 is 23.2 Å². The Hall–Kier alpha value is -2.83. The van der Waals surface area contributed by atoms with E-state index in [2.05, 4.69) is 10.4 Å². The fourth-order valence-corrected chi connectivity index (χ4v) is 3.72. The van der Waals surface area contributed by atoms with E-state index in [9.17, 15) is 9.59 Å². The number of anilines is 2. The Kier molecular flexibility index (Phi) is 4.83. The van der Waals surface area contributed by atoms with Crippen molar-refractivity contribution in [2.45, 2.75) is 19.4 Å². The van der Waals surface area contributed by atoms with Gasteiger partial charge in [0.2, 0.25) is 0 Å². The molecule has 8 heteroatoms. The van der Waals surface area contributed by atoms with E-state index in [1.165, 1.54) is 6.07 Å². The number of ketones is 1. The SMILES string of the molecule is Nc1cccc(-c2cccc(NC(=O)c3cc4n(n3)CCCC4=O)c2Cl)c1Cl. The maximum absolute atomic E-state index is 12.7. The van der Waals surface area contributed by atoms with Crippen molar-refractivity contribution in [3.8, 4) is 11.1 Å². The van der Waals surface area contributed by atoms with Crippen molar-refractivity contribution in [2.24, 2.45) is 0 Å². The van der Waals surface area contributed by atoms with Gasteiger partial charge >= 0.3 is 0 Å². The molecule has 28 heavy (non-hydrogen) atoms. The Morgan fingerprint density at radius 1 is 1.11 bits per heavy atom. The lowest BCUT2D eigenvalue weighted by Crippen LogP contribution is -2.17. The number of carbonyl (C=O) groups is 2. The number of carbonyl (C=O) groups excluding carboxylic acids is 2. The summed E-state index contributed by atoms with van der Waals surface area (Å²) in [6.45, 7) is 0.624. The first-order chi connectivity index (χ1) is 13.5. The second kappa shape index (κ2) is 7.30. The minimum Gasteiger partial charge on any atom is -0.398 e. The molecule has 0 saturated heterocycles. The monoisotopic (exact) mass is 414 g/mol. The summed E-state index contributed by atoms with van der Waals surface area (Å²) in [6.07, 6.45) is 1.20. The molecule has 0 fully saturated rings. The number of nitrogen functional groups attached to an aromatic ring is 1. The molecule has 1 amide bonds. The van der Waals surface area contributed by atoms with Gasteiger partial charge in [0.05, 0.1) is 21.4 Å². The number of aromatic nitrogens is 2. The third kappa shape index (κ3) is 3.25. The molecule has 3 N–H and O–H groups in total. The summed E-state index contributed by atoms with van der Waals surface area (Å²) >= 11 is 12.8. The number of benzene rings is 2. The van der Waals surface area contributed by atoms with Crippen molar-refractivity contribution in [3.05, 3.63) is 63.9 Å². The van der Waals surface area contributed by atoms with E-state index < -0.39 is 5.91 Å². The lowest BCUT2D eigenvalue weighted by molar-refractivity contribution is 0.0950. The number of hydrogen-bond donors (Lipinski definition) is 2. The fourth-order valence-electron chi connectivity index (χ4n) is 3.22. The maximum Gasteiger partial charge on any atom is 0.276 e. The van der Waals surface area contributed by atoms with Gasteiger partial charge in [-0.1, -0.05) is 47.5 Å².